The van der Waals surface area contributed by atoms with Crippen molar-refractivity contribution < 1.29 is 13.6 Å². The van der Waals surface area contributed by atoms with Gasteiger partial charge in [0.1, 0.15) is 11.6 Å². The Morgan fingerprint density at radius 2 is 1.72 bits per heavy atom. The Morgan fingerprint density at radius 3 is 2.39 bits per heavy atom. The Labute approximate surface area is 108 Å². The highest BCUT2D eigenvalue weighted by atomic mass is 35.5. The van der Waals surface area contributed by atoms with Crippen molar-refractivity contribution in [3.8, 4) is 0 Å². The molecule has 2 aromatic carbocycles. The van der Waals surface area contributed by atoms with E-state index in [1.54, 1.807) is 6.07 Å². The molecule has 0 atom stereocenters. The lowest BCUT2D eigenvalue weighted by molar-refractivity contribution is 0.103. The van der Waals surface area contributed by atoms with E-state index in [1.165, 1.54) is 31.2 Å². The zero-order valence-electron chi connectivity index (χ0n) is 9.51. The van der Waals surface area contributed by atoms with Crippen LogP contribution in [0.5, 0.6) is 0 Å². The molecule has 4 heteroatoms. The third-order valence-electron chi connectivity index (χ3n) is 2.61. The molecule has 0 aliphatic carbocycles. The first kappa shape index (κ1) is 12.7. The van der Waals surface area contributed by atoms with Crippen molar-refractivity contribution in [1.82, 2.24) is 0 Å². The molecule has 0 aromatic heterocycles. The van der Waals surface area contributed by atoms with Crippen LogP contribution in [0.25, 0.3) is 0 Å². The van der Waals surface area contributed by atoms with Gasteiger partial charge in [-0.25, -0.2) is 8.78 Å². The van der Waals surface area contributed by atoms with Crippen molar-refractivity contribution in [3.63, 3.8) is 0 Å². The minimum atomic E-state index is -0.624. The average Bonchev–Trinajstić information content (AvgIpc) is 2.33. The number of halogens is 3. The molecular weight excluding hydrogens is 258 g/mol. The molecule has 0 bridgehead atoms. The van der Waals surface area contributed by atoms with Gasteiger partial charge in [-0.2, -0.15) is 0 Å². The maximum absolute atomic E-state index is 13.5. The molecule has 0 saturated heterocycles. The molecule has 0 saturated carbocycles. The van der Waals surface area contributed by atoms with E-state index in [4.69, 9.17) is 11.6 Å². The van der Waals surface area contributed by atoms with Gasteiger partial charge in [0.05, 0.1) is 10.6 Å². The van der Waals surface area contributed by atoms with Crippen LogP contribution in [0.15, 0.2) is 36.4 Å². The van der Waals surface area contributed by atoms with Gasteiger partial charge in [-0.1, -0.05) is 23.7 Å². The van der Waals surface area contributed by atoms with Crippen LogP contribution >= 0.6 is 11.6 Å². The summed E-state index contributed by atoms with van der Waals surface area (Å²) >= 11 is 5.82. The van der Waals surface area contributed by atoms with Gasteiger partial charge < -0.3 is 0 Å². The lowest BCUT2D eigenvalue weighted by Crippen LogP contribution is -2.06. The fraction of sp³-hybridized carbons (Fsp3) is 0.0714. The van der Waals surface area contributed by atoms with Crippen molar-refractivity contribution >= 4 is 17.4 Å². The van der Waals surface area contributed by atoms with E-state index in [2.05, 4.69) is 0 Å². The van der Waals surface area contributed by atoms with Gasteiger partial charge in [0.15, 0.2) is 5.78 Å². The quantitative estimate of drug-likeness (QED) is 0.746. The Hall–Kier alpha value is -1.74. The van der Waals surface area contributed by atoms with Crippen molar-refractivity contribution in [1.29, 1.82) is 0 Å². The largest absolute Gasteiger partial charge is 0.288 e. The highest BCUT2D eigenvalue weighted by Crippen LogP contribution is 2.24. The van der Waals surface area contributed by atoms with Gasteiger partial charge in [0, 0.05) is 5.56 Å². The summed E-state index contributed by atoms with van der Waals surface area (Å²) in [6, 6.07) is 7.99. The number of hydrogen-bond donors (Lipinski definition) is 0. The second-order valence-electron chi connectivity index (χ2n) is 3.89. The summed E-state index contributed by atoms with van der Waals surface area (Å²) in [5.41, 5.74) is 0.310. The number of carbonyl (C=O) groups is 1. The summed E-state index contributed by atoms with van der Waals surface area (Å²) in [4.78, 5) is 12.1. The predicted octanol–water partition coefficient (Wildman–Crippen LogP) is 4.16. The molecule has 0 unspecified atom stereocenters. The molecule has 0 amide bonds. The van der Waals surface area contributed by atoms with Crippen LogP contribution in [0.3, 0.4) is 0 Å². The lowest BCUT2D eigenvalue weighted by atomic mass is 10.0. The summed E-state index contributed by atoms with van der Waals surface area (Å²) < 4.78 is 26.7. The van der Waals surface area contributed by atoms with Crippen molar-refractivity contribution in [3.05, 3.63) is 69.7 Å². The number of rotatable bonds is 2. The minimum Gasteiger partial charge on any atom is -0.288 e. The topological polar surface area (TPSA) is 17.1 Å². The van der Waals surface area contributed by atoms with Gasteiger partial charge in [-0.3, -0.25) is 4.79 Å². The van der Waals surface area contributed by atoms with Crippen LogP contribution in [0, 0.1) is 18.6 Å². The molecule has 0 radical (unpaired) electrons. The number of benzene rings is 2. The number of hydrogen-bond acceptors (Lipinski definition) is 1. The first-order chi connectivity index (χ1) is 8.50. The Morgan fingerprint density at radius 1 is 1.06 bits per heavy atom. The minimum absolute atomic E-state index is 0.0219. The number of carbonyl (C=O) groups excluding carboxylic acids is 1. The Balaban J connectivity index is 2.53. The maximum atomic E-state index is 13.5. The normalized spacial score (nSPS) is 10.4. The third-order valence-corrected chi connectivity index (χ3v) is 2.92. The zero-order chi connectivity index (χ0) is 13.3. The van der Waals surface area contributed by atoms with E-state index in [0.29, 0.717) is 5.56 Å². The summed E-state index contributed by atoms with van der Waals surface area (Å²) in [7, 11) is 0. The SMILES string of the molecule is Cc1cc(C(=O)c2ccccc2F)c(Cl)cc1F. The number of ketones is 1. The van der Waals surface area contributed by atoms with E-state index in [1.807, 2.05) is 0 Å². The van der Waals surface area contributed by atoms with E-state index >= 15 is 0 Å². The molecule has 0 heterocycles. The zero-order valence-corrected chi connectivity index (χ0v) is 10.3. The summed E-state index contributed by atoms with van der Waals surface area (Å²) in [5, 5.41) is -0.0219. The van der Waals surface area contributed by atoms with Crippen LogP contribution in [0.4, 0.5) is 8.78 Å². The summed E-state index contributed by atoms with van der Waals surface area (Å²) in [5.74, 6) is -1.67. The van der Waals surface area contributed by atoms with Gasteiger partial charge in [-0.05, 0) is 36.8 Å². The summed E-state index contributed by atoms with van der Waals surface area (Å²) in [6.07, 6.45) is 0. The molecule has 0 fully saturated rings. The molecule has 1 nitrogen and oxygen atoms in total. The Kier molecular flexibility index (Phi) is 3.43. The molecule has 2 aromatic rings. The molecule has 0 aliphatic rings. The second-order valence-corrected chi connectivity index (χ2v) is 4.30. The van der Waals surface area contributed by atoms with E-state index < -0.39 is 17.4 Å². The molecular formula is C14H9ClF2O. The van der Waals surface area contributed by atoms with Crippen LogP contribution in [-0.2, 0) is 0 Å². The van der Waals surface area contributed by atoms with E-state index in [0.717, 1.165) is 6.07 Å². The monoisotopic (exact) mass is 266 g/mol. The van der Waals surface area contributed by atoms with Crippen molar-refractivity contribution in [2.24, 2.45) is 0 Å². The van der Waals surface area contributed by atoms with Crippen molar-refractivity contribution in [2.45, 2.75) is 6.92 Å². The number of aryl methyl sites for hydroxylation is 1. The van der Waals surface area contributed by atoms with Crippen LogP contribution < -0.4 is 0 Å². The second kappa shape index (κ2) is 4.86. The highest BCUT2D eigenvalue weighted by Gasteiger charge is 2.17. The van der Waals surface area contributed by atoms with Crippen LogP contribution in [0.2, 0.25) is 5.02 Å². The molecule has 0 N–H and O–H groups in total. The molecule has 2 rings (SSSR count). The Bertz CT molecular complexity index is 623. The van der Waals surface area contributed by atoms with Gasteiger partial charge >= 0.3 is 0 Å². The first-order valence-electron chi connectivity index (χ1n) is 5.25. The first-order valence-corrected chi connectivity index (χ1v) is 5.63. The third kappa shape index (κ3) is 2.27. The van der Waals surface area contributed by atoms with Gasteiger partial charge in [0.25, 0.3) is 0 Å². The highest BCUT2D eigenvalue weighted by molar-refractivity contribution is 6.35. The fourth-order valence-corrected chi connectivity index (χ4v) is 1.86. The molecule has 0 aliphatic heterocycles. The van der Waals surface area contributed by atoms with Gasteiger partial charge in [0.2, 0.25) is 0 Å². The van der Waals surface area contributed by atoms with Crippen LogP contribution in [0.1, 0.15) is 21.5 Å². The molecule has 0 spiro atoms. The smallest absolute Gasteiger partial charge is 0.197 e. The van der Waals surface area contributed by atoms with E-state index in [-0.39, 0.29) is 16.1 Å². The van der Waals surface area contributed by atoms with Crippen LogP contribution in [-0.4, -0.2) is 5.78 Å². The molecule has 18 heavy (non-hydrogen) atoms. The maximum Gasteiger partial charge on any atom is 0.197 e. The van der Waals surface area contributed by atoms with E-state index in [9.17, 15) is 13.6 Å². The average molecular weight is 267 g/mol. The van der Waals surface area contributed by atoms with Crippen molar-refractivity contribution in [2.75, 3.05) is 0 Å². The predicted molar refractivity (Wildman–Crippen MR) is 66.0 cm³/mol. The fourth-order valence-electron chi connectivity index (χ4n) is 1.62. The standard InChI is InChI=1S/C14H9ClF2O/c1-8-6-10(11(15)7-13(8)17)14(18)9-4-2-3-5-12(9)16/h2-7H,1H3. The summed E-state index contributed by atoms with van der Waals surface area (Å²) in [6.45, 7) is 1.52. The lowest BCUT2D eigenvalue weighted by Gasteiger charge is -2.06. The van der Waals surface area contributed by atoms with Gasteiger partial charge in [-0.15, -0.1) is 0 Å². The molecule has 92 valence electrons.